The average Bonchev–Trinajstić information content (AvgIpc) is 2.95. The van der Waals surface area contributed by atoms with E-state index in [2.05, 4.69) is 19.0 Å². The summed E-state index contributed by atoms with van der Waals surface area (Å²) in [6, 6.07) is 6.26. The first kappa shape index (κ1) is 18.8. The van der Waals surface area contributed by atoms with Crippen LogP contribution in [0.4, 0.5) is 4.39 Å². The Bertz CT molecular complexity index is 534. The molecule has 0 aliphatic carbocycles. The number of rotatable bonds is 9. The lowest BCUT2D eigenvalue weighted by molar-refractivity contribution is 0.000361. The molecular weight excluding hydrogens is 311 g/mol. The van der Waals surface area contributed by atoms with Crippen molar-refractivity contribution in [2.24, 2.45) is 11.1 Å². The molecule has 1 aromatic carbocycles. The van der Waals surface area contributed by atoms with Gasteiger partial charge < -0.3 is 14.7 Å². The molecule has 0 bridgehead atoms. The number of halogens is 1. The SMILES string of the molecule is CC(C)COC[C@H](O)CN(C)C[C@H]1CC(c2ccc(F)cc2)=NO1. The predicted molar refractivity (Wildman–Crippen MR) is 91.6 cm³/mol. The highest BCUT2D eigenvalue weighted by molar-refractivity contribution is 6.01. The van der Waals surface area contributed by atoms with Crippen molar-refractivity contribution >= 4 is 5.71 Å². The van der Waals surface area contributed by atoms with Gasteiger partial charge in [-0.15, -0.1) is 0 Å². The van der Waals surface area contributed by atoms with Crippen LogP contribution in [0.5, 0.6) is 0 Å². The quantitative estimate of drug-likeness (QED) is 0.751. The lowest BCUT2D eigenvalue weighted by Gasteiger charge is -2.22. The molecule has 1 aromatic rings. The number of aliphatic hydroxyl groups is 1. The Morgan fingerprint density at radius 2 is 2.04 bits per heavy atom. The molecule has 5 nitrogen and oxygen atoms in total. The van der Waals surface area contributed by atoms with E-state index < -0.39 is 6.10 Å². The van der Waals surface area contributed by atoms with Gasteiger partial charge in [0.05, 0.1) is 18.4 Å². The molecule has 6 heteroatoms. The minimum Gasteiger partial charge on any atom is -0.390 e. The van der Waals surface area contributed by atoms with Gasteiger partial charge in [0.2, 0.25) is 0 Å². The second-order valence-corrected chi connectivity index (χ2v) is 6.78. The number of ether oxygens (including phenoxy) is 1. The normalized spacial score (nSPS) is 18.8. The number of aliphatic hydroxyl groups excluding tert-OH is 1. The zero-order chi connectivity index (χ0) is 17.5. The molecule has 0 amide bonds. The minimum absolute atomic E-state index is 0.0566. The number of likely N-dealkylation sites (N-methyl/N-ethyl adjacent to an activating group) is 1. The van der Waals surface area contributed by atoms with Crippen LogP contribution < -0.4 is 0 Å². The predicted octanol–water partition coefficient (Wildman–Crippen LogP) is 2.28. The second-order valence-electron chi connectivity index (χ2n) is 6.78. The van der Waals surface area contributed by atoms with Crippen molar-refractivity contribution < 1.29 is 19.1 Å². The van der Waals surface area contributed by atoms with Gasteiger partial charge in [-0.05, 0) is 30.7 Å². The third-order valence-electron chi connectivity index (χ3n) is 3.71. The van der Waals surface area contributed by atoms with E-state index in [1.807, 2.05) is 11.9 Å². The molecule has 1 heterocycles. The summed E-state index contributed by atoms with van der Waals surface area (Å²) in [4.78, 5) is 7.47. The summed E-state index contributed by atoms with van der Waals surface area (Å²) in [5, 5.41) is 14.1. The fourth-order valence-corrected chi connectivity index (χ4v) is 2.61. The highest BCUT2D eigenvalue weighted by atomic mass is 19.1. The Balaban J connectivity index is 1.70. The summed E-state index contributed by atoms with van der Waals surface area (Å²) in [7, 11) is 1.94. The summed E-state index contributed by atoms with van der Waals surface area (Å²) >= 11 is 0. The highest BCUT2D eigenvalue weighted by Gasteiger charge is 2.24. The van der Waals surface area contributed by atoms with Gasteiger partial charge in [0.25, 0.3) is 0 Å². The standard InChI is InChI=1S/C18H27FN2O3/c1-13(2)11-23-12-16(22)9-21(3)10-17-8-18(20-24-17)14-4-6-15(19)7-5-14/h4-7,13,16-17,22H,8-12H2,1-3H3/t16-,17-/m1/s1. The van der Waals surface area contributed by atoms with Crippen molar-refractivity contribution in [1.82, 2.24) is 4.90 Å². The highest BCUT2D eigenvalue weighted by Crippen LogP contribution is 2.17. The van der Waals surface area contributed by atoms with Crippen LogP contribution in [0.3, 0.4) is 0 Å². The van der Waals surface area contributed by atoms with Crippen molar-refractivity contribution in [1.29, 1.82) is 0 Å². The molecule has 0 spiro atoms. The van der Waals surface area contributed by atoms with Crippen LogP contribution in [-0.2, 0) is 9.57 Å². The van der Waals surface area contributed by atoms with Crippen LogP contribution in [0, 0.1) is 11.7 Å². The summed E-state index contributed by atoms with van der Waals surface area (Å²) in [5.41, 5.74) is 1.71. The van der Waals surface area contributed by atoms with Gasteiger partial charge in [0.1, 0.15) is 11.9 Å². The van der Waals surface area contributed by atoms with Gasteiger partial charge >= 0.3 is 0 Å². The van der Waals surface area contributed by atoms with Crippen molar-refractivity contribution in [2.45, 2.75) is 32.5 Å². The van der Waals surface area contributed by atoms with Crippen LogP contribution in [-0.4, -0.2) is 61.3 Å². The molecule has 1 aliphatic heterocycles. The van der Waals surface area contributed by atoms with E-state index >= 15 is 0 Å². The van der Waals surface area contributed by atoms with Crippen LogP contribution in [0.15, 0.2) is 29.4 Å². The molecule has 24 heavy (non-hydrogen) atoms. The van der Waals surface area contributed by atoms with E-state index in [0.29, 0.717) is 38.6 Å². The van der Waals surface area contributed by atoms with Gasteiger partial charge in [-0.3, -0.25) is 4.90 Å². The number of oxime groups is 1. The Morgan fingerprint density at radius 1 is 1.33 bits per heavy atom. The Kier molecular flexibility index (Phi) is 7.15. The van der Waals surface area contributed by atoms with E-state index in [4.69, 9.17) is 9.57 Å². The van der Waals surface area contributed by atoms with Crippen LogP contribution >= 0.6 is 0 Å². The van der Waals surface area contributed by atoms with E-state index in [-0.39, 0.29) is 11.9 Å². The van der Waals surface area contributed by atoms with Crippen molar-refractivity contribution in [3.63, 3.8) is 0 Å². The average molecular weight is 338 g/mol. The molecule has 0 unspecified atom stereocenters. The third kappa shape index (κ3) is 6.19. The zero-order valence-corrected chi connectivity index (χ0v) is 14.6. The van der Waals surface area contributed by atoms with Gasteiger partial charge in [-0.2, -0.15) is 0 Å². The third-order valence-corrected chi connectivity index (χ3v) is 3.71. The molecule has 0 radical (unpaired) electrons. The van der Waals surface area contributed by atoms with E-state index in [9.17, 15) is 9.50 Å². The number of nitrogens with zero attached hydrogens (tertiary/aromatic N) is 2. The minimum atomic E-state index is -0.521. The Hall–Kier alpha value is -1.50. The van der Waals surface area contributed by atoms with Gasteiger partial charge in [0.15, 0.2) is 0 Å². The molecule has 0 saturated heterocycles. The van der Waals surface area contributed by atoms with E-state index in [0.717, 1.165) is 11.3 Å². The van der Waals surface area contributed by atoms with E-state index in [1.54, 1.807) is 12.1 Å². The number of benzene rings is 1. The smallest absolute Gasteiger partial charge is 0.145 e. The molecule has 2 atom stereocenters. The van der Waals surface area contributed by atoms with Crippen molar-refractivity contribution in [3.8, 4) is 0 Å². The molecule has 2 rings (SSSR count). The number of hydrogen-bond acceptors (Lipinski definition) is 5. The molecule has 0 aromatic heterocycles. The maximum Gasteiger partial charge on any atom is 0.145 e. The molecule has 1 aliphatic rings. The molecular formula is C18H27FN2O3. The Labute approximate surface area is 143 Å². The Morgan fingerprint density at radius 3 is 2.71 bits per heavy atom. The maximum absolute atomic E-state index is 13.0. The summed E-state index contributed by atoms with van der Waals surface area (Å²) in [6.07, 6.45) is 0.0992. The van der Waals surface area contributed by atoms with Gasteiger partial charge in [0, 0.05) is 26.1 Å². The largest absolute Gasteiger partial charge is 0.390 e. The monoisotopic (exact) mass is 338 g/mol. The van der Waals surface area contributed by atoms with Crippen molar-refractivity contribution in [3.05, 3.63) is 35.6 Å². The van der Waals surface area contributed by atoms with Gasteiger partial charge in [-0.25, -0.2) is 4.39 Å². The van der Waals surface area contributed by atoms with Crippen LogP contribution in [0.1, 0.15) is 25.8 Å². The van der Waals surface area contributed by atoms with Crippen LogP contribution in [0.2, 0.25) is 0 Å². The summed E-state index contributed by atoms with van der Waals surface area (Å²) < 4.78 is 18.4. The first-order chi connectivity index (χ1) is 11.4. The molecule has 0 fully saturated rings. The maximum atomic E-state index is 13.0. The molecule has 1 N–H and O–H groups in total. The summed E-state index contributed by atoms with van der Waals surface area (Å²) in [6.45, 7) is 6.33. The lowest BCUT2D eigenvalue weighted by Crippen LogP contribution is -2.37. The van der Waals surface area contributed by atoms with Crippen molar-refractivity contribution in [2.75, 3.05) is 33.4 Å². The summed E-state index contributed by atoms with van der Waals surface area (Å²) in [5.74, 6) is 0.201. The van der Waals surface area contributed by atoms with Gasteiger partial charge in [-0.1, -0.05) is 31.1 Å². The zero-order valence-electron chi connectivity index (χ0n) is 14.6. The number of hydrogen-bond donors (Lipinski definition) is 1. The second kappa shape index (κ2) is 9.11. The van der Waals surface area contributed by atoms with Crippen LogP contribution in [0.25, 0.3) is 0 Å². The topological polar surface area (TPSA) is 54.3 Å². The first-order valence-corrected chi connectivity index (χ1v) is 8.37. The first-order valence-electron chi connectivity index (χ1n) is 8.37. The fraction of sp³-hybridized carbons (Fsp3) is 0.611. The van der Waals surface area contributed by atoms with E-state index in [1.165, 1.54) is 12.1 Å². The lowest BCUT2D eigenvalue weighted by atomic mass is 10.0. The fourth-order valence-electron chi connectivity index (χ4n) is 2.61. The molecule has 134 valence electrons. The molecule has 0 saturated carbocycles.